The van der Waals surface area contributed by atoms with Gasteiger partial charge in [-0.25, -0.2) is 9.19 Å². The van der Waals surface area contributed by atoms with E-state index in [1.807, 2.05) is 48.7 Å². The maximum absolute atomic E-state index is 12.4. The molecule has 0 radical (unpaired) electrons. The Morgan fingerprint density at radius 3 is 2.85 bits per heavy atom. The van der Waals surface area contributed by atoms with E-state index in [1.165, 1.54) is 11.3 Å². The molecule has 0 saturated carbocycles. The van der Waals surface area contributed by atoms with Gasteiger partial charge in [0.15, 0.2) is 0 Å². The fourth-order valence-electron chi connectivity index (χ4n) is 4.21. The molecule has 1 aromatic heterocycles. The van der Waals surface area contributed by atoms with Crippen molar-refractivity contribution in [3.8, 4) is 0 Å². The number of anilines is 2. The molecule has 33 heavy (non-hydrogen) atoms. The number of likely N-dealkylation sites (N-methyl/N-ethyl adjacent to an activating group) is 1. The van der Waals surface area contributed by atoms with Gasteiger partial charge in [0.25, 0.3) is 0 Å². The van der Waals surface area contributed by atoms with Gasteiger partial charge >= 0.3 is 0 Å². The summed E-state index contributed by atoms with van der Waals surface area (Å²) in [6.45, 7) is 6.95. The highest BCUT2D eigenvalue weighted by molar-refractivity contribution is 7.85. The number of likely N-dealkylation sites (tertiary alicyclic amines) is 1. The SMILES string of the molecule is CCN=C1NC=C/C1=C(/C)N1CCC(N(C)c2ccc(NS(=O)Cc3ccccc3)cn2)C1. The Bertz CT molecular complexity index is 1060. The zero-order valence-corrected chi connectivity index (χ0v) is 20.3. The Kier molecular flexibility index (Phi) is 7.44. The third-order valence-corrected chi connectivity index (χ3v) is 7.16. The summed E-state index contributed by atoms with van der Waals surface area (Å²) in [5.74, 6) is 2.34. The van der Waals surface area contributed by atoms with E-state index in [1.54, 1.807) is 6.20 Å². The van der Waals surface area contributed by atoms with Crippen molar-refractivity contribution in [1.82, 2.24) is 15.2 Å². The van der Waals surface area contributed by atoms with Crippen LogP contribution in [0, 0.1) is 0 Å². The second kappa shape index (κ2) is 10.7. The summed E-state index contributed by atoms with van der Waals surface area (Å²) in [7, 11) is 0.905. The molecule has 7 nitrogen and oxygen atoms in total. The van der Waals surface area contributed by atoms with Crippen molar-refractivity contribution in [2.24, 2.45) is 4.99 Å². The van der Waals surface area contributed by atoms with Crippen molar-refractivity contribution in [2.75, 3.05) is 36.3 Å². The minimum atomic E-state index is -1.19. The van der Waals surface area contributed by atoms with Gasteiger partial charge in [-0.2, -0.15) is 0 Å². The average molecular weight is 465 g/mol. The van der Waals surface area contributed by atoms with Crippen molar-refractivity contribution in [3.63, 3.8) is 0 Å². The number of amidine groups is 1. The van der Waals surface area contributed by atoms with Crippen molar-refractivity contribution >= 4 is 28.3 Å². The number of nitrogens with one attached hydrogen (secondary N) is 2. The maximum atomic E-state index is 12.4. The quantitative estimate of drug-likeness (QED) is 0.624. The molecule has 8 heteroatoms. The van der Waals surface area contributed by atoms with Crippen LogP contribution in [0.1, 0.15) is 25.8 Å². The first kappa shape index (κ1) is 23.0. The number of nitrogens with zero attached hydrogens (tertiary/aromatic N) is 4. The van der Waals surface area contributed by atoms with E-state index in [0.29, 0.717) is 11.8 Å². The molecule has 1 fully saturated rings. The molecule has 2 aliphatic rings. The predicted octanol–water partition coefficient (Wildman–Crippen LogP) is 3.68. The van der Waals surface area contributed by atoms with Crippen LogP contribution in [0.5, 0.6) is 0 Å². The standard InChI is InChI=1S/C25H32N6OS/c1-4-26-25-23(12-14-27-25)19(2)31-15-13-22(17-31)30(3)24-11-10-21(16-28-24)29-33(32)18-20-8-6-5-7-9-20/h5-12,14,16,22,29H,4,13,15,17-18H2,1-3H3,(H,26,27)/b23-19+. The molecule has 174 valence electrons. The summed E-state index contributed by atoms with van der Waals surface area (Å²) in [5.41, 5.74) is 4.24. The lowest BCUT2D eigenvalue weighted by atomic mass is 10.2. The third-order valence-electron chi connectivity index (χ3n) is 6.10. The number of aromatic nitrogens is 1. The van der Waals surface area contributed by atoms with Crippen LogP contribution in [0.15, 0.2) is 77.2 Å². The van der Waals surface area contributed by atoms with Crippen molar-refractivity contribution in [1.29, 1.82) is 0 Å². The maximum Gasteiger partial charge on any atom is 0.134 e. The number of aliphatic imine (C=N–C) groups is 1. The predicted molar refractivity (Wildman–Crippen MR) is 137 cm³/mol. The topological polar surface area (TPSA) is 72.9 Å². The molecule has 1 aromatic carbocycles. The van der Waals surface area contributed by atoms with Crippen LogP contribution >= 0.6 is 0 Å². The molecule has 2 unspecified atom stereocenters. The molecule has 4 rings (SSSR count). The number of pyridine rings is 1. The lowest BCUT2D eigenvalue weighted by molar-refractivity contribution is 0.417. The Hall–Kier alpha value is -3.13. The van der Waals surface area contributed by atoms with Gasteiger partial charge in [0.1, 0.15) is 22.6 Å². The summed E-state index contributed by atoms with van der Waals surface area (Å²) in [5, 5.41) is 3.24. The number of hydrogen-bond acceptors (Lipinski definition) is 5. The molecule has 0 spiro atoms. The van der Waals surface area contributed by atoms with Gasteiger partial charge < -0.3 is 19.8 Å². The van der Waals surface area contributed by atoms with Crippen LogP contribution in [0.4, 0.5) is 11.5 Å². The molecule has 0 aliphatic carbocycles. The van der Waals surface area contributed by atoms with Crippen LogP contribution in [-0.2, 0) is 16.7 Å². The lowest BCUT2D eigenvalue weighted by Gasteiger charge is -2.27. The highest BCUT2D eigenvalue weighted by Gasteiger charge is 2.28. The fourth-order valence-corrected chi connectivity index (χ4v) is 5.16. The minimum absolute atomic E-state index is 0.379. The van der Waals surface area contributed by atoms with E-state index >= 15 is 0 Å². The van der Waals surface area contributed by atoms with E-state index in [-0.39, 0.29) is 0 Å². The van der Waals surface area contributed by atoms with Gasteiger partial charge in [0, 0.05) is 50.2 Å². The number of hydrogen-bond donors (Lipinski definition) is 2. The van der Waals surface area contributed by atoms with Crippen molar-refractivity contribution < 1.29 is 4.21 Å². The molecular formula is C25H32N6OS. The minimum Gasteiger partial charge on any atom is -0.372 e. The summed E-state index contributed by atoms with van der Waals surface area (Å²) in [6, 6.07) is 14.2. The molecule has 2 aromatic rings. The van der Waals surface area contributed by atoms with Gasteiger partial charge in [-0.3, -0.25) is 4.99 Å². The monoisotopic (exact) mass is 464 g/mol. The average Bonchev–Trinajstić information content (AvgIpc) is 3.50. The Morgan fingerprint density at radius 2 is 2.12 bits per heavy atom. The van der Waals surface area contributed by atoms with Gasteiger partial charge in [0.2, 0.25) is 0 Å². The highest BCUT2D eigenvalue weighted by atomic mass is 32.2. The summed E-state index contributed by atoms with van der Waals surface area (Å²) in [6.07, 6.45) is 6.90. The first-order chi connectivity index (χ1) is 16.0. The van der Waals surface area contributed by atoms with E-state index in [4.69, 9.17) is 0 Å². The molecule has 2 N–H and O–H groups in total. The molecule has 1 saturated heterocycles. The molecular weight excluding hydrogens is 432 g/mol. The normalized spacial score (nSPS) is 21.2. The van der Waals surface area contributed by atoms with E-state index in [2.05, 4.69) is 56.8 Å². The molecule has 0 bridgehead atoms. The van der Waals surface area contributed by atoms with Gasteiger partial charge in [0.05, 0.1) is 17.6 Å². The summed E-state index contributed by atoms with van der Waals surface area (Å²) >= 11 is 0. The molecule has 3 heterocycles. The van der Waals surface area contributed by atoms with Crippen molar-refractivity contribution in [3.05, 3.63) is 77.8 Å². The van der Waals surface area contributed by atoms with Crippen molar-refractivity contribution in [2.45, 2.75) is 32.1 Å². The van der Waals surface area contributed by atoms with E-state index < -0.39 is 11.0 Å². The summed E-state index contributed by atoms with van der Waals surface area (Å²) < 4.78 is 15.5. The zero-order chi connectivity index (χ0) is 23.2. The highest BCUT2D eigenvalue weighted by Crippen LogP contribution is 2.26. The van der Waals surface area contributed by atoms with E-state index in [9.17, 15) is 4.21 Å². The van der Waals surface area contributed by atoms with Crippen LogP contribution in [0.2, 0.25) is 0 Å². The van der Waals surface area contributed by atoms with Gasteiger partial charge in [-0.1, -0.05) is 30.3 Å². The lowest BCUT2D eigenvalue weighted by Crippen LogP contribution is -2.35. The smallest absolute Gasteiger partial charge is 0.134 e. The number of allylic oxidation sites excluding steroid dienone is 1. The van der Waals surface area contributed by atoms with Gasteiger partial charge in [-0.15, -0.1) is 0 Å². The first-order valence-electron chi connectivity index (χ1n) is 11.4. The number of benzene rings is 1. The molecule has 0 amide bonds. The Labute approximate surface area is 198 Å². The fraction of sp³-hybridized carbons (Fsp3) is 0.360. The molecule has 2 aliphatic heterocycles. The van der Waals surface area contributed by atoms with Crippen LogP contribution in [0.25, 0.3) is 0 Å². The zero-order valence-electron chi connectivity index (χ0n) is 19.5. The van der Waals surface area contributed by atoms with Gasteiger partial charge in [-0.05, 0) is 44.0 Å². The summed E-state index contributed by atoms with van der Waals surface area (Å²) in [4.78, 5) is 13.9. The second-order valence-corrected chi connectivity index (χ2v) is 9.47. The van der Waals surface area contributed by atoms with E-state index in [0.717, 1.165) is 49.0 Å². The Balaban J connectivity index is 1.35. The number of rotatable bonds is 8. The first-order valence-corrected chi connectivity index (χ1v) is 12.7. The largest absolute Gasteiger partial charge is 0.372 e. The Morgan fingerprint density at radius 1 is 1.30 bits per heavy atom. The second-order valence-electron chi connectivity index (χ2n) is 8.28. The molecule has 2 atom stereocenters. The van der Waals surface area contributed by atoms with Crippen LogP contribution in [-0.4, -0.2) is 52.7 Å². The van der Waals surface area contributed by atoms with Crippen LogP contribution < -0.4 is 14.9 Å². The van der Waals surface area contributed by atoms with Crippen LogP contribution in [0.3, 0.4) is 0 Å². The third kappa shape index (κ3) is 5.63.